The van der Waals surface area contributed by atoms with Crippen LogP contribution in [-0.4, -0.2) is 20.7 Å². The van der Waals surface area contributed by atoms with Crippen molar-refractivity contribution < 1.29 is 4.79 Å². The van der Waals surface area contributed by atoms with Crippen LogP contribution in [-0.2, 0) is 17.9 Å². The summed E-state index contributed by atoms with van der Waals surface area (Å²) in [6.07, 6.45) is 0.650. The molecule has 27 heavy (non-hydrogen) atoms. The van der Waals surface area contributed by atoms with Gasteiger partial charge in [0.2, 0.25) is 5.91 Å². The molecule has 0 aliphatic heterocycles. The molecule has 0 saturated carbocycles. The van der Waals surface area contributed by atoms with Crippen LogP contribution in [0.5, 0.6) is 0 Å². The van der Waals surface area contributed by atoms with Gasteiger partial charge in [-0.05, 0) is 31.0 Å². The number of carbonyl (C=O) groups is 1. The van der Waals surface area contributed by atoms with E-state index < -0.39 is 0 Å². The standard InChI is InChI=1S/C21H23N3O2S/c1-3-18(19(25)22-14-15-10-6-5-7-11-15)27-21-23-17-13-9-8-12-16(17)20(26)24(21)4-2/h5-13,18H,3-4,14H2,1-2H3,(H,22,25). The summed E-state index contributed by atoms with van der Waals surface area (Å²) in [6.45, 7) is 4.89. The quantitative estimate of drug-likeness (QED) is 0.502. The number of para-hydroxylation sites is 1. The fourth-order valence-electron chi connectivity index (χ4n) is 2.86. The first-order valence-electron chi connectivity index (χ1n) is 9.12. The highest BCUT2D eigenvalue weighted by Crippen LogP contribution is 2.25. The lowest BCUT2D eigenvalue weighted by Gasteiger charge is -2.17. The van der Waals surface area contributed by atoms with E-state index in [0.29, 0.717) is 35.6 Å². The Kier molecular flexibility index (Phi) is 6.29. The Bertz CT molecular complexity index is 986. The number of benzene rings is 2. The predicted octanol–water partition coefficient (Wildman–Crippen LogP) is 3.60. The van der Waals surface area contributed by atoms with Crippen molar-refractivity contribution >= 4 is 28.6 Å². The fourth-order valence-corrected chi connectivity index (χ4v) is 3.97. The summed E-state index contributed by atoms with van der Waals surface area (Å²) in [5.74, 6) is -0.0450. The van der Waals surface area contributed by atoms with Gasteiger partial charge in [-0.25, -0.2) is 4.98 Å². The average Bonchev–Trinajstić information content (AvgIpc) is 2.71. The molecule has 0 aliphatic carbocycles. The van der Waals surface area contributed by atoms with E-state index in [1.54, 1.807) is 10.6 Å². The number of aromatic nitrogens is 2. The van der Waals surface area contributed by atoms with E-state index in [2.05, 4.69) is 10.3 Å². The summed E-state index contributed by atoms with van der Waals surface area (Å²) < 4.78 is 1.64. The van der Waals surface area contributed by atoms with Crippen molar-refractivity contribution in [3.63, 3.8) is 0 Å². The average molecular weight is 382 g/mol. The van der Waals surface area contributed by atoms with Gasteiger partial charge in [0.05, 0.1) is 16.2 Å². The van der Waals surface area contributed by atoms with Gasteiger partial charge >= 0.3 is 0 Å². The zero-order valence-corrected chi connectivity index (χ0v) is 16.3. The molecule has 0 spiro atoms. The van der Waals surface area contributed by atoms with E-state index in [9.17, 15) is 9.59 Å². The maximum Gasteiger partial charge on any atom is 0.262 e. The molecular formula is C21H23N3O2S. The lowest BCUT2D eigenvalue weighted by molar-refractivity contribution is -0.120. The summed E-state index contributed by atoms with van der Waals surface area (Å²) in [4.78, 5) is 30.0. The predicted molar refractivity (Wildman–Crippen MR) is 110 cm³/mol. The fraction of sp³-hybridized carbons (Fsp3) is 0.286. The summed E-state index contributed by atoms with van der Waals surface area (Å²) in [5.41, 5.74) is 1.65. The normalized spacial score (nSPS) is 12.1. The second-order valence-electron chi connectivity index (χ2n) is 6.18. The van der Waals surface area contributed by atoms with Crippen LogP contribution < -0.4 is 10.9 Å². The minimum Gasteiger partial charge on any atom is -0.351 e. The Morgan fingerprint density at radius 1 is 1.11 bits per heavy atom. The third-order valence-corrected chi connectivity index (χ3v) is 5.72. The molecule has 1 unspecified atom stereocenters. The zero-order chi connectivity index (χ0) is 19.2. The third kappa shape index (κ3) is 4.39. The first kappa shape index (κ1) is 19.2. The molecule has 1 amide bonds. The summed E-state index contributed by atoms with van der Waals surface area (Å²) >= 11 is 1.35. The van der Waals surface area contributed by atoms with E-state index in [-0.39, 0.29) is 16.7 Å². The van der Waals surface area contributed by atoms with E-state index in [1.807, 2.05) is 62.4 Å². The molecule has 2 aromatic carbocycles. The largest absolute Gasteiger partial charge is 0.351 e. The molecule has 3 rings (SSSR count). The molecular weight excluding hydrogens is 358 g/mol. The molecule has 6 heteroatoms. The van der Waals surface area contributed by atoms with E-state index >= 15 is 0 Å². The van der Waals surface area contributed by atoms with Gasteiger partial charge in [-0.3, -0.25) is 14.2 Å². The van der Waals surface area contributed by atoms with Crippen LogP contribution in [0.2, 0.25) is 0 Å². The Labute approximate surface area is 162 Å². The number of fused-ring (bicyclic) bond motifs is 1. The lowest BCUT2D eigenvalue weighted by atomic mass is 10.2. The maximum atomic E-state index is 12.7. The van der Waals surface area contributed by atoms with Crippen LogP contribution in [0.1, 0.15) is 25.8 Å². The van der Waals surface area contributed by atoms with Gasteiger partial charge in [0.25, 0.3) is 5.56 Å². The van der Waals surface area contributed by atoms with Gasteiger partial charge in [-0.15, -0.1) is 0 Å². The van der Waals surface area contributed by atoms with Crippen molar-refractivity contribution in [2.24, 2.45) is 0 Å². The molecule has 0 saturated heterocycles. The van der Waals surface area contributed by atoms with Gasteiger partial charge < -0.3 is 5.32 Å². The van der Waals surface area contributed by atoms with Crippen LogP contribution >= 0.6 is 11.8 Å². The molecule has 0 bridgehead atoms. The lowest BCUT2D eigenvalue weighted by Crippen LogP contribution is -2.33. The van der Waals surface area contributed by atoms with Crippen molar-refractivity contribution in [2.45, 2.75) is 43.8 Å². The number of thioether (sulfide) groups is 1. The molecule has 0 fully saturated rings. The minimum absolute atomic E-state index is 0.0450. The van der Waals surface area contributed by atoms with Gasteiger partial charge in [-0.2, -0.15) is 0 Å². The molecule has 1 atom stereocenters. The molecule has 1 heterocycles. The summed E-state index contributed by atoms with van der Waals surface area (Å²) in [5, 5.41) is 3.87. The first-order valence-corrected chi connectivity index (χ1v) is 9.99. The third-order valence-electron chi connectivity index (χ3n) is 4.36. The number of amides is 1. The molecule has 3 aromatic rings. The highest BCUT2D eigenvalue weighted by atomic mass is 32.2. The number of carbonyl (C=O) groups excluding carboxylic acids is 1. The summed E-state index contributed by atoms with van der Waals surface area (Å²) in [7, 11) is 0. The topological polar surface area (TPSA) is 64.0 Å². The number of nitrogens with zero attached hydrogens (tertiary/aromatic N) is 2. The maximum absolute atomic E-state index is 12.7. The molecule has 1 aromatic heterocycles. The highest BCUT2D eigenvalue weighted by Gasteiger charge is 2.21. The van der Waals surface area contributed by atoms with E-state index in [1.165, 1.54) is 11.8 Å². The van der Waals surface area contributed by atoms with Gasteiger partial charge in [-0.1, -0.05) is 61.2 Å². The van der Waals surface area contributed by atoms with Crippen LogP contribution in [0.3, 0.4) is 0 Å². The number of hydrogen-bond donors (Lipinski definition) is 1. The Hall–Kier alpha value is -2.60. The number of nitrogens with one attached hydrogen (secondary N) is 1. The number of hydrogen-bond acceptors (Lipinski definition) is 4. The van der Waals surface area contributed by atoms with Crippen LogP contribution in [0.4, 0.5) is 0 Å². The number of rotatable bonds is 7. The van der Waals surface area contributed by atoms with E-state index in [0.717, 1.165) is 5.56 Å². The van der Waals surface area contributed by atoms with E-state index in [4.69, 9.17) is 0 Å². The molecule has 1 N–H and O–H groups in total. The van der Waals surface area contributed by atoms with Crippen molar-refractivity contribution in [2.75, 3.05) is 0 Å². The van der Waals surface area contributed by atoms with Crippen LogP contribution in [0, 0.1) is 0 Å². The van der Waals surface area contributed by atoms with Crippen LogP contribution in [0.15, 0.2) is 64.5 Å². The molecule has 140 valence electrons. The molecule has 5 nitrogen and oxygen atoms in total. The highest BCUT2D eigenvalue weighted by molar-refractivity contribution is 8.00. The Balaban J connectivity index is 1.81. The zero-order valence-electron chi connectivity index (χ0n) is 15.5. The minimum atomic E-state index is -0.306. The summed E-state index contributed by atoms with van der Waals surface area (Å²) in [6, 6.07) is 17.1. The smallest absolute Gasteiger partial charge is 0.262 e. The van der Waals surface area contributed by atoms with Crippen molar-refractivity contribution in [1.82, 2.24) is 14.9 Å². The van der Waals surface area contributed by atoms with Crippen molar-refractivity contribution in [3.05, 3.63) is 70.5 Å². The molecule has 0 radical (unpaired) electrons. The Morgan fingerprint density at radius 3 is 2.52 bits per heavy atom. The van der Waals surface area contributed by atoms with Crippen LogP contribution in [0.25, 0.3) is 10.9 Å². The second kappa shape index (κ2) is 8.86. The van der Waals surface area contributed by atoms with Crippen molar-refractivity contribution in [3.8, 4) is 0 Å². The van der Waals surface area contributed by atoms with Gasteiger partial charge in [0, 0.05) is 13.1 Å². The van der Waals surface area contributed by atoms with Gasteiger partial charge in [0.15, 0.2) is 5.16 Å². The first-order chi connectivity index (χ1) is 13.1. The Morgan fingerprint density at radius 2 is 1.81 bits per heavy atom. The second-order valence-corrected chi connectivity index (χ2v) is 7.35. The molecule has 0 aliphatic rings. The van der Waals surface area contributed by atoms with Gasteiger partial charge in [0.1, 0.15) is 0 Å². The van der Waals surface area contributed by atoms with Crippen molar-refractivity contribution in [1.29, 1.82) is 0 Å². The SMILES string of the molecule is CCC(Sc1nc2ccccc2c(=O)n1CC)C(=O)NCc1ccccc1. The monoisotopic (exact) mass is 381 g/mol.